The Bertz CT molecular complexity index is 3060. The number of rotatable bonds is 7. The minimum atomic E-state index is 0.515. The molecule has 8 nitrogen and oxygen atoms in total. The lowest BCUT2D eigenvalue weighted by Gasteiger charge is -2.10. The largest absolute Gasteiger partial charge is 0.456 e. The maximum atomic E-state index is 7.61. The Labute approximate surface area is 327 Å². The molecule has 0 radical (unpaired) electrons. The summed E-state index contributed by atoms with van der Waals surface area (Å²) >= 11 is 0. The van der Waals surface area contributed by atoms with Gasteiger partial charge < -0.3 is 4.42 Å². The molecule has 0 N–H and O–H groups in total. The molecule has 0 bridgehead atoms. The summed E-state index contributed by atoms with van der Waals surface area (Å²) in [4.78, 5) is 33.5. The highest BCUT2D eigenvalue weighted by Gasteiger charge is 2.20. The molecule has 0 atom stereocenters. The van der Waals surface area contributed by atoms with Crippen molar-refractivity contribution in [2.45, 2.75) is 0 Å². The van der Waals surface area contributed by atoms with Gasteiger partial charge in [-0.05, 0) is 29.3 Å². The molecule has 0 fully saturated rings. The van der Waals surface area contributed by atoms with Crippen molar-refractivity contribution in [3.63, 3.8) is 0 Å². The molecule has 10 aromatic rings. The fourth-order valence-corrected chi connectivity index (χ4v) is 7.04. The van der Waals surface area contributed by atoms with Crippen LogP contribution >= 0.6 is 0 Å². The fraction of sp³-hybridized carbons (Fsp3) is 0. The molecule has 0 aliphatic carbocycles. The van der Waals surface area contributed by atoms with Crippen LogP contribution < -0.4 is 0 Å². The van der Waals surface area contributed by atoms with Crippen molar-refractivity contribution in [2.24, 2.45) is 0 Å². The SMILES string of the molecule is [C-]#[N+]c1ccccc1-c1ccc(-c2nc(-c3ccccc3)nc(-c3ccc4c(c3)oc3cccc(-c5nc(-c6ccccc6)nc(-c6ccccc6)n5)c34)n2)cc1. The zero-order valence-electron chi connectivity index (χ0n) is 30.3. The summed E-state index contributed by atoms with van der Waals surface area (Å²) in [5, 5.41) is 1.82. The van der Waals surface area contributed by atoms with Crippen LogP contribution in [0.1, 0.15) is 0 Å². The van der Waals surface area contributed by atoms with Crippen LogP contribution in [0.4, 0.5) is 5.69 Å². The van der Waals surface area contributed by atoms with Gasteiger partial charge in [-0.2, -0.15) is 0 Å². The molecular formula is C49H29N7O. The highest BCUT2D eigenvalue weighted by molar-refractivity contribution is 6.12. The van der Waals surface area contributed by atoms with E-state index in [1.165, 1.54) is 0 Å². The van der Waals surface area contributed by atoms with Gasteiger partial charge >= 0.3 is 0 Å². The Hall–Kier alpha value is -8.15. The van der Waals surface area contributed by atoms with E-state index in [1.807, 2.05) is 176 Å². The summed E-state index contributed by atoms with van der Waals surface area (Å²) in [5.74, 6) is 3.35. The van der Waals surface area contributed by atoms with Crippen molar-refractivity contribution in [3.05, 3.63) is 187 Å². The van der Waals surface area contributed by atoms with Crippen molar-refractivity contribution in [1.82, 2.24) is 29.9 Å². The van der Waals surface area contributed by atoms with Gasteiger partial charge in [0.2, 0.25) is 0 Å². The Balaban J connectivity index is 1.09. The molecule has 0 spiro atoms. The van der Waals surface area contributed by atoms with Gasteiger partial charge in [0.05, 0.1) is 6.57 Å². The van der Waals surface area contributed by atoms with Gasteiger partial charge in [-0.25, -0.2) is 34.7 Å². The van der Waals surface area contributed by atoms with Gasteiger partial charge in [-0.15, -0.1) is 0 Å². The first kappa shape index (κ1) is 33.4. The average Bonchev–Trinajstić information content (AvgIpc) is 3.68. The zero-order valence-corrected chi connectivity index (χ0v) is 30.3. The second-order valence-corrected chi connectivity index (χ2v) is 13.4. The molecule has 0 amide bonds. The van der Waals surface area contributed by atoms with Gasteiger partial charge in [0, 0.05) is 44.2 Å². The molecule has 0 aliphatic rings. The van der Waals surface area contributed by atoms with Gasteiger partial charge in [0.1, 0.15) is 11.2 Å². The lowest BCUT2D eigenvalue weighted by Crippen LogP contribution is -2.00. The van der Waals surface area contributed by atoms with Crippen LogP contribution in [-0.4, -0.2) is 29.9 Å². The fourth-order valence-electron chi connectivity index (χ4n) is 7.04. The lowest BCUT2D eigenvalue weighted by molar-refractivity contribution is 0.669. The van der Waals surface area contributed by atoms with Gasteiger partial charge in [0.25, 0.3) is 0 Å². The lowest BCUT2D eigenvalue weighted by atomic mass is 10.0. The van der Waals surface area contributed by atoms with Crippen molar-refractivity contribution in [2.75, 3.05) is 0 Å². The summed E-state index contributed by atoms with van der Waals surface area (Å²) in [6.45, 7) is 7.61. The molecule has 3 heterocycles. The topological polar surface area (TPSA) is 94.8 Å². The Morgan fingerprint density at radius 1 is 0.351 bits per heavy atom. The van der Waals surface area contributed by atoms with E-state index in [2.05, 4.69) is 4.85 Å². The average molecular weight is 732 g/mol. The first-order valence-electron chi connectivity index (χ1n) is 18.4. The first-order valence-corrected chi connectivity index (χ1v) is 18.4. The summed E-state index contributed by atoms with van der Waals surface area (Å²) in [7, 11) is 0. The van der Waals surface area contributed by atoms with Crippen LogP contribution in [0.25, 0.3) is 106 Å². The van der Waals surface area contributed by atoms with E-state index in [0.717, 1.165) is 55.3 Å². The molecule has 8 heteroatoms. The third kappa shape index (κ3) is 6.35. The maximum absolute atomic E-state index is 7.61. The molecule has 7 aromatic carbocycles. The zero-order chi connectivity index (χ0) is 38.1. The van der Waals surface area contributed by atoms with Crippen LogP contribution in [0.3, 0.4) is 0 Å². The van der Waals surface area contributed by atoms with Crippen LogP contribution in [-0.2, 0) is 0 Å². The predicted molar refractivity (Wildman–Crippen MR) is 225 cm³/mol. The smallest absolute Gasteiger partial charge is 0.194 e. The standard InChI is InChI=1S/C49H29N7O/c1-50-40-22-12-11-20-37(40)31-24-26-35(27-25-31)47-51-44(32-14-5-2-6-15-32)53-48(54-47)36-28-29-38-42(30-36)57-41-23-13-21-39(43(38)41)49-55-45(33-16-7-3-8-17-33)52-46(56-49)34-18-9-4-10-19-34/h2-30H. The number of aromatic nitrogens is 6. The van der Waals surface area contributed by atoms with Crippen molar-refractivity contribution in [1.29, 1.82) is 0 Å². The molecule has 0 unspecified atom stereocenters. The van der Waals surface area contributed by atoms with E-state index < -0.39 is 0 Å². The highest BCUT2D eigenvalue weighted by atomic mass is 16.3. The van der Waals surface area contributed by atoms with E-state index in [-0.39, 0.29) is 0 Å². The minimum absolute atomic E-state index is 0.515. The Kier molecular flexibility index (Phi) is 8.36. The Morgan fingerprint density at radius 2 is 0.789 bits per heavy atom. The van der Waals surface area contributed by atoms with E-state index in [0.29, 0.717) is 51.8 Å². The maximum Gasteiger partial charge on any atom is 0.194 e. The number of benzene rings is 7. The number of hydrogen-bond acceptors (Lipinski definition) is 7. The van der Waals surface area contributed by atoms with E-state index >= 15 is 0 Å². The summed E-state index contributed by atoms with van der Waals surface area (Å²) in [6, 6.07) is 57.4. The normalized spacial score (nSPS) is 11.1. The minimum Gasteiger partial charge on any atom is -0.456 e. The number of nitrogens with zero attached hydrogens (tertiary/aromatic N) is 7. The Morgan fingerprint density at radius 3 is 1.35 bits per heavy atom. The van der Waals surface area contributed by atoms with Crippen molar-refractivity contribution >= 4 is 27.6 Å². The molecular weight excluding hydrogens is 703 g/mol. The van der Waals surface area contributed by atoms with Crippen LogP contribution in [0.15, 0.2) is 180 Å². The van der Waals surface area contributed by atoms with E-state index in [1.54, 1.807) is 0 Å². The molecule has 0 saturated heterocycles. The van der Waals surface area contributed by atoms with E-state index in [4.69, 9.17) is 40.9 Å². The van der Waals surface area contributed by atoms with Crippen molar-refractivity contribution < 1.29 is 4.42 Å². The third-order valence-corrected chi connectivity index (χ3v) is 9.84. The molecule has 266 valence electrons. The second-order valence-electron chi connectivity index (χ2n) is 13.4. The monoisotopic (exact) mass is 731 g/mol. The second kappa shape index (κ2) is 14.3. The molecule has 10 rings (SSSR count). The molecule has 3 aromatic heterocycles. The number of para-hydroxylation sites is 1. The summed E-state index contributed by atoms with van der Waals surface area (Å²) in [6.07, 6.45) is 0. The third-order valence-electron chi connectivity index (χ3n) is 9.84. The number of fused-ring (bicyclic) bond motifs is 3. The number of furan rings is 1. The van der Waals surface area contributed by atoms with Gasteiger partial charge in [0.15, 0.2) is 40.6 Å². The van der Waals surface area contributed by atoms with Gasteiger partial charge in [-0.3, -0.25) is 0 Å². The summed E-state index contributed by atoms with van der Waals surface area (Å²) in [5.41, 5.74) is 8.96. The van der Waals surface area contributed by atoms with E-state index in [9.17, 15) is 0 Å². The van der Waals surface area contributed by atoms with Crippen LogP contribution in [0, 0.1) is 6.57 Å². The summed E-state index contributed by atoms with van der Waals surface area (Å²) < 4.78 is 6.55. The first-order chi connectivity index (χ1) is 28.2. The highest BCUT2D eigenvalue weighted by Crippen LogP contribution is 2.38. The van der Waals surface area contributed by atoms with Gasteiger partial charge in [-0.1, -0.05) is 158 Å². The molecule has 0 aliphatic heterocycles. The quantitative estimate of drug-likeness (QED) is 0.151. The molecule has 57 heavy (non-hydrogen) atoms. The molecule has 0 saturated carbocycles. The van der Waals surface area contributed by atoms with Crippen LogP contribution in [0.2, 0.25) is 0 Å². The number of hydrogen-bond donors (Lipinski definition) is 0. The van der Waals surface area contributed by atoms with Crippen LogP contribution in [0.5, 0.6) is 0 Å². The van der Waals surface area contributed by atoms with Crippen molar-refractivity contribution in [3.8, 4) is 79.5 Å². The predicted octanol–water partition coefficient (Wildman–Crippen LogP) is 12.2.